The van der Waals surface area contributed by atoms with E-state index in [1.165, 1.54) is 22.3 Å². The summed E-state index contributed by atoms with van der Waals surface area (Å²) in [7, 11) is 0. The predicted molar refractivity (Wildman–Crippen MR) is 73.9 cm³/mol. The van der Waals surface area contributed by atoms with Crippen molar-refractivity contribution in [3.63, 3.8) is 0 Å². The van der Waals surface area contributed by atoms with E-state index in [4.69, 9.17) is 6.42 Å². The quantitative estimate of drug-likeness (QED) is 0.665. The van der Waals surface area contributed by atoms with Gasteiger partial charge in [-0.1, -0.05) is 54.8 Å². The molecule has 0 atom stereocenters. The summed E-state index contributed by atoms with van der Waals surface area (Å²) in [6.45, 7) is 4.27. The van der Waals surface area contributed by atoms with Crippen molar-refractivity contribution in [2.45, 2.75) is 20.3 Å². The number of terminal acetylenes is 1. The first-order valence-electron chi connectivity index (χ1n) is 5.91. The van der Waals surface area contributed by atoms with Gasteiger partial charge in [-0.15, -0.1) is 6.42 Å². The largest absolute Gasteiger partial charge is 0.115 e. The Balaban J connectivity index is 2.68. The van der Waals surface area contributed by atoms with Gasteiger partial charge in [-0.3, -0.25) is 0 Å². The van der Waals surface area contributed by atoms with E-state index in [0.29, 0.717) is 0 Å². The molecule has 0 aliphatic carbocycles. The Kier molecular flexibility index (Phi) is 3.30. The van der Waals surface area contributed by atoms with Gasteiger partial charge in [-0.25, -0.2) is 0 Å². The second kappa shape index (κ2) is 4.89. The molecule has 0 amide bonds. The van der Waals surface area contributed by atoms with Crippen LogP contribution in [0.1, 0.15) is 23.6 Å². The summed E-state index contributed by atoms with van der Waals surface area (Å²) < 4.78 is 0. The summed E-state index contributed by atoms with van der Waals surface area (Å²) in [6.07, 6.45) is 6.60. The van der Waals surface area contributed by atoms with Crippen molar-refractivity contribution in [3.05, 3.63) is 59.2 Å². The smallest absolute Gasteiger partial charge is 0.0321 e. The van der Waals surface area contributed by atoms with Gasteiger partial charge in [0.15, 0.2) is 0 Å². The van der Waals surface area contributed by atoms with Crippen LogP contribution in [0.15, 0.2) is 42.5 Å². The molecule has 0 heterocycles. The first kappa shape index (κ1) is 11.5. The Morgan fingerprint density at radius 2 is 1.82 bits per heavy atom. The maximum absolute atomic E-state index is 5.58. The minimum absolute atomic E-state index is 0.969. The third-order valence-corrected chi connectivity index (χ3v) is 3.02. The predicted octanol–water partition coefficient (Wildman–Crippen LogP) is 4.21. The molecule has 0 heteroatoms. The normalized spacial score (nSPS) is 9.94. The molecule has 0 N–H and O–H groups in total. The lowest BCUT2D eigenvalue weighted by Crippen LogP contribution is -1.91. The summed E-state index contributed by atoms with van der Waals surface area (Å²) in [6, 6.07) is 14.7. The third kappa shape index (κ3) is 2.24. The number of benzene rings is 2. The summed E-state index contributed by atoms with van der Waals surface area (Å²) in [5, 5.41) is 0. The van der Waals surface area contributed by atoms with Gasteiger partial charge in [0, 0.05) is 5.56 Å². The van der Waals surface area contributed by atoms with E-state index in [1.54, 1.807) is 0 Å². The number of hydrogen-bond acceptors (Lipinski definition) is 0. The zero-order chi connectivity index (χ0) is 12.3. The molecule has 2 aromatic rings. The summed E-state index contributed by atoms with van der Waals surface area (Å²) >= 11 is 0. The molecule has 2 aromatic carbocycles. The Bertz CT molecular complexity index is 571. The average molecular weight is 220 g/mol. The van der Waals surface area contributed by atoms with Crippen LogP contribution >= 0.6 is 0 Å². The van der Waals surface area contributed by atoms with Crippen molar-refractivity contribution in [3.8, 4) is 23.5 Å². The van der Waals surface area contributed by atoms with E-state index in [-0.39, 0.29) is 0 Å². The monoisotopic (exact) mass is 220 g/mol. The van der Waals surface area contributed by atoms with Gasteiger partial charge < -0.3 is 0 Å². The summed E-state index contributed by atoms with van der Waals surface area (Å²) in [5.74, 6) is 2.77. The fraction of sp³-hybridized carbons (Fsp3) is 0.176. The molecule has 0 saturated heterocycles. The zero-order valence-corrected chi connectivity index (χ0v) is 10.3. The molecule has 0 radical (unpaired) electrons. The van der Waals surface area contributed by atoms with E-state index in [9.17, 15) is 0 Å². The van der Waals surface area contributed by atoms with E-state index in [1.807, 2.05) is 6.07 Å². The van der Waals surface area contributed by atoms with Crippen LogP contribution in [0.25, 0.3) is 11.1 Å². The first-order valence-corrected chi connectivity index (χ1v) is 5.91. The van der Waals surface area contributed by atoms with Crippen molar-refractivity contribution < 1.29 is 0 Å². The Morgan fingerprint density at radius 3 is 2.53 bits per heavy atom. The zero-order valence-electron chi connectivity index (χ0n) is 10.3. The SMILES string of the molecule is C#Cc1ccc(C)cc1-c1ccccc1CC. The molecule has 0 saturated carbocycles. The van der Waals surface area contributed by atoms with Crippen LogP contribution in [0.3, 0.4) is 0 Å². The molecule has 0 aliphatic heterocycles. The van der Waals surface area contributed by atoms with Gasteiger partial charge >= 0.3 is 0 Å². The van der Waals surface area contributed by atoms with Gasteiger partial charge in [0.25, 0.3) is 0 Å². The molecule has 0 bridgehead atoms. The van der Waals surface area contributed by atoms with Gasteiger partial charge in [-0.05, 0) is 36.1 Å². The lowest BCUT2D eigenvalue weighted by Gasteiger charge is -2.11. The Labute approximate surface area is 103 Å². The highest BCUT2D eigenvalue weighted by Gasteiger charge is 2.07. The van der Waals surface area contributed by atoms with E-state index < -0.39 is 0 Å². The second-order valence-corrected chi connectivity index (χ2v) is 4.20. The Hall–Kier alpha value is -2.00. The molecule has 0 fully saturated rings. The maximum Gasteiger partial charge on any atom is 0.0321 e. The summed E-state index contributed by atoms with van der Waals surface area (Å²) in [5.41, 5.74) is 5.98. The minimum Gasteiger partial charge on any atom is -0.115 e. The topological polar surface area (TPSA) is 0 Å². The van der Waals surface area contributed by atoms with Crippen molar-refractivity contribution in [2.24, 2.45) is 0 Å². The van der Waals surface area contributed by atoms with Crippen LogP contribution in [0.5, 0.6) is 0 Å². The van der Waals surface area contributed by atoms with Crippen LogP contribution in [-0.2, 0) is 6.42 Å². The molecule has 84 valence electrons. The van der Waals surface area contributed by atoms with Crippen molar-refractivity contribution in [2.75, 3.05) is 0 Å². The molecular weight excluding hydrogens is 204 g/mol. The Morgan fingerprint density at radius 1 is 1.06 bits per heavy atom. The standard InChI is InChI=1S/C17H16/c1-4-14-8-6-7-9-16(14)17-12-13(3)10-11-15(17)5-2/h2,6-12H,4H2,1,3H3. The highest BCUT2D eigenvalue weighted by Crippen LogP contribution is 2.28. The number of hydrogen-bond donors (Lipinski definition) is 0. The van der Waals surface area contributed by atoms with Crippen LogP contribution in [0.2, 0.25) is 0 Å². The molecule has 0 aromatic heterocycles. The van der Waals surface area contributed by atoms with Gasteiger partial charge in [-0.2, -0.15) is 0 Å². The molecule has 17 heavy (non-hydrogen) atoms. The van der Waals surface area contributed by atoms with Crippen LogP contribution in [0, 0.1) is 19.3 Å². The third-order valence-electron chi connectivity index (χ3n) is 3.02. The molecule has 0 unspecified atom stereocenters. The van der Waals surface area contributed by atoms with Crippen LogP contribution in [0.4, 0.5) is 0 Å². The highest BCUT2D eigenvalue weighted by molar-refractivity contribution is 5.74. The van der Waals surface area contributed by atoms with Crippen molar-refractivity contribution in [1.82, 2.24) is 0 Å². The van der Waals surface area contributed by atoms with Crippen molar-refractivity contribution >= 4 is 0 Å². The second-order valence-electron chi connectivity index (χ2n) is 4.20. The lowest BCUT2D eigenvalue weighted by atomic mass is 9.93. The molecule has 0 aliphatic rings. The van der Waals surface area contributed by atoms with Gasteiger partial charge in [0.05, 0.1) is 0 Å². The van der Waals surface area contributed by atoms with Crippen LogP contribution in [-0.4, -0.2) is 0 Å². The fourth-order valence-electron chi connectivity index (χ4n) is 2.10. The molecule has 0 nitrogen and oxygen atoms in total. The average Bonchev–Trinajstić information content (AvgIpc) is 2.38. The van der Waals surface area contributed by atoms with Crippen LogP contribution < -0.4 is 0 Å². The maximum atomic E-state index is 5.58. The lowest BCUT2D eigenvalue weighted by molar-refractivity contribution is 1.14. The van der Waals surface area contributed by atoms with E-state index >= 15 is 0 Å². The minimum atomic E-state index is 0.969. The molecule has 2 rings (SSSR count). The van der Waals surface area contributed by atoms with E-state index in [0.717, 1.165) is 12.0 Å². The summed E-state index contributed by atoms with van der Waals surface area (Å²) in [4.78, 5) is 0. The molecule has 0 spiro atoms. The fourth-order valence-corrected chi connectivity index (χ4v) is 2.10. The molecular formula is C17H16. The number of aryl methyl sites for hydroxylation is 2. The highest BCUT2D eigenvalue weighted by atomic mass is 14.1. The van der Waals surface area contributed by atoms with Crippen molar-refractivity contribution in [1.29, 1.82) is 0 Å². The number of rotatable bonds is 2. The first-order chi connectivity index (χ1) is 8.26. The van der Waals surface area contributed by atoms with Gasteiger partial charge in [0.1, 0.15) is 0 Å². The van der Waals surface area contributed by atoms with E-state index in [2.05, 4.69) is 56.2 Å². The van der Waals surface area contributed by atoms with Gasteiger partial charge in [0.2, 0.25) is 0 Å².